The van der Waals surface area contributed by atoms with Crippen LogP contribution >= 0.6 is 0 Å². The average Bonchev–Trinajstić information content (AvgIpc) is 1.37. The van der Waals surface area contributed by atoms with Crippen LogP contribution in [-0.2, 0) is 5.11 Å². The van der Waals surface area contributed by atoms with Gasteiger partial charge in [0.25, 0.3) is 0 Å². The van der Waals surface area contributed by atoms with Gasteiger partial charge in [0, 0.05) is 0 Å². The molecular weight excluding hydrogens is 52.0 g/mol. The zero-order valence-electron chi connectivity index (χ0n) is 2.82. The number of hydrogen-bond acceptors (Lipinski definition) is 0. The summed E-state index contributed by atoms with van der Waals surface area (Å²) in [6.45, 7) is 1.94. The molecule has 0 spiro atoms. The summed E-state index contributed by atoms with van der Waals surface area (Å²) in [6.07, 6.45) is 0.764. The third-order valence-corrected chi connectivity index (χ3v) is 0.204. The van der Waals surface area contributed by atoms with Gasteiger partial charge in [0.2, 0.25) is 0 Å². The van der Waals surface area contributed by atoms with E-state index in [4.69, 9.17) is 0 Å². The molecule has 0 saturated heterocycles. The van der Waals surface area contributed by atoms with E-state index in [1.807, 2.05) is 6.92 Å². The van der Waals surface area contributed by atoms with E-state index in [0.717, 1.165) is 6.42 Å². The molecule has 0 aromatic carbocycles. The molecule has 0 unspecified atom stereocenters. The molecule has 0 saturated carbocycles. The van der Waals surface area contributed by atoms with Crippen LogP contribution in [-0.4, -0.2) is 6.61 Å². The Morgan fingerprint density at radius 3 is 2.00 bits per heavy atom. The Balaban J connectivity index is 1.97. The molecule has 0 heterocycles. The lowest BCUT2D eigenvalue weighted by atomic mass is 10.5. The molecule has 1 heteroatoms. The summed E-state index contributed by atoms with van der Waals surface area (Å²) in [4.78, 5) is 0. The SMILES string of the molecule is CCC[O]. The van der Waals surface area contributed by atoms with E-state index in [9.17, 15) is 5.11 Å². The van der Waals surface area contributed by atoms with Crippen molar-refractivity contribution in [3.63, 3.8) is 0 Å². The van der Waals surface area contributed by atoms with Crippen molar-refractivity contribution in [3.8, 4) is 0 Å². The van der Waals surface area contributed by atoms with Crippen LogP contribution in [0, 0.1) is 0 Å². The molecule has 0 aliphatic heterocycles. The van der Waals surface area contributed by atoms with Crippen LogP contribution in [0.2, 0.25) is 0 Å². The predicted octanol–water partition coefficient (Wildman–Crippen LogP) is 0.827. The quantitative estimate of drug-likeness (QED) is 0.426. The number of rotatable bonds is 1. The monoisotopic (exact) mass is 59.0 g/mol. The third kappa shape index (κ3) is 1.96. The second-order valence-electron chi connectivity index (χ2n) is 0.704. The largest absolute Gasteiger partial charge is 0.237 e. The zero-order valence-corrected chi connectivity index (χ0v) is 2.82. The first-order valence-electron chi connectivity index (χ1n) is 1.50. The molecule has 0 aromatic rings. The maximum absolute atomic E-state index is 9.30. The van der Waals surface area contributed by atoms with Gasteiger partial charge in [-0.25, -0.2) is 5.11 Å². The van der Waals surface area contributed by atoms with Crippen LogP contribution in [0.1, 0.15) is 13.3 Å². The molecule has 0 rings (SSSR count). The fourth-order valence-corrected chi connectivity index (χ4v) is 0. The Kier molecular flexibility index (Phi) is 2.93. The summed E-state index contributed by atoms with van der Waals surface area (Å²) >= 11 is 0. The topological polar surface area (TPSA) is 19.9 Å². The van der Waals surface area contributed by atoms with Crippen LogP contribution in [0.3, 0.4) is 0 Å². The van der Waals surface area contributed by atoms with Gasteiger partial charge in [0.15, 0.2) is 0 Å². The van der Waals surface area contributed by atoms with E-state index < -0.39 is 0 Å². The smallest absolute Gasteiger partial charge is 0.0819 e. The van der Waals surface area contributed by atoms with Gasteiger partial charge in [-0.1, -0.05) is 6.92 Å². The molecule has 0 atom stereocenters. The Morgan fingerprint density at radius 1 is 1.75 bits per heavy atom. The number of hydrogen-bond donors (Lipinski definition) is 0. The van der Waals surface area contributed by atoms with Gasteiger partial charge in [-0.15, -0.1) is 0 Å². The molecule has 1 nitrogen and oxygen atoms in total. The highest BCUT2D eigenvalue weighted by Crippen LogP contribution is 1.62. The summed E-state index contributed by atoms with van der Waals surface area (Å²) < 4.78 is 0. The van der Waals surface area contributed by atoms with Crippen molar-refractivity contribution in [2.75, 3.05) is 6.61 Å². The van der Waals surface area contributed by atoms with E-state index in [2.05, 4.69) is 0 Å². The Labute approximate surface area is 26.3 Å². The van der Waals surface area contributed by atoms with Crippen molar-refractivity contribution >= 4 is 0 Å². The van der Waals surface area contributed by atoms with Gasteiger partial charge >= 0.3 is 0 Å². The van der Waals surface area contributed by atoms with E-state index >= 15 is 0 Å². The minimum Gasteiger partial charge on any atom is -0.237 e. The van der Waals surface area contributed by atoms with Crippen molar-refractivity contribution in [1.29, 1.82) is 0 Å². The Hall–Kier alpha value is -0.0400. The Bertz CT molecular complexity index is 5.25. The van der Waals surface area contributed by atoms with E-state index in [1.165, 1.54) is 0 Å². The van der Waals surface area contributed by atoms with Gasteiger partial charge in [0.05, 0.1) is 6.61 Å². The second-order valence-corrected chi connectivity index (χ2v) is 0.704. The summed E-state index contributed by atoms with van der Waals surface area (Å²) in [5.74, 6) is 0. The van der Waals surface area contributed by atoms with E-state index in [-0.39, 0.29) is 6.61 Å². The lowest BCUT2D eigenvalue weighted by molar-refractivity contribution is 0.193. The van der Waals surface area contributed by atoms with Gasteiger partial charge in [0.1, 0.15) is 0 Å². The van der Waals surface area contributed by atoms with E-state index in [0.29, 0.717) is 0 Å². The fourth-order valence-electron chi connectivity index (χ4n) is 0. The van der Waals surface area contributed by atoms with Crippen molar-refractivity contribution in [2.24, 2.45) is 0 Å². The molecule has 4 heavy (non-hydrogen) atoms. The summed E-state index contributed by atoms with van der Waals surface area (Å²) in [7, 11) is 0. The fraction of sp³-hybridized carbons (Fsp3) is 1.00. The standard InChI is InChI=1S/C3H7O/c1-2-3-4/h2-3H2,1H3. The first-order valence-corrected chi connectivity index (χ1v) is 1.50. The van der Waals surface area contributed by atoms with Crippen LogP contribution in [0.25, 0.3) is 0 Å². The first-order chi connectivity index (χ1) is 1.91. The zero-order chi connectivity index (χ0) is 3.41. The summed E-state index contributed by atoms with van der Waals surface area (Å²) in [5, 5.41) is 9.30. The molecule has 0 N–H and O–H groups in total. The molecule has 0 aliphatic rings. The third-order valence-electron chi connectivity index (χ3n) is 0.204. The van der Waals surface area contributed by atoms with Crippen LogP contribution in [0.5, 0.6) is 0 Å². The highest BCUT2D eigenvalue weighted by Gasteiger charge is 1.60. The van der Waals surface area contributed by atoms with Crippen LogP contribution in [0.15, 0.2) is 0 Å². The highest BCUT2D eigenvalue weighted by molar-refractivity contribution is 4.09. The van der Waals surface area contributed by atoms with Crippen molar-refractivity contribution in [1.82, 2.24) is 0 Å². The van der Waals surface area contributed by atoms with Crippen molar-refractivity contribution in [3.05, 3.63) is 0 Å². The summed E-state index contributed by atoms with van der Waals surface area (Å²) in [6, 6.07) is 0. The molecule has 25 valence electrons. The van der Waals surface area contributed by atoms with Gasteiger partial charge < -0.3 is 0 Å². The molecule has 0 amide bonds. The van der Waals surface area contributed by atoms with Gasteiger partial charge in [-0.05, 0) is 6.42 Å². The molecule has 0 aromatic heterocycles. The maximum atomic E-state index is 9.30. The minimum atomic E-state index is 0.0694. The lowest BCUT2D eigenvalue weighted by Gasteiger charge is -1.64. The minimum absolute atomic E-state index is 0.0694. The normalized spacial score (nSPS) is 7.50. The molecule has 1 radical (unpaired) electrons. The Morgan fingerprint density at radius 2 is 2.00 bits per heavy atom. The lowest BCUT2D eigenvalue weighted by Crippen LogP contribution is -1.66. The van der Waals surface area contributed by atoms with Gasteiger partial charge in [-0.3, -0.25) is 0 Å². The van der Waals surface area contributed by atoms with Crippen LogP contribution < -0.4 is 0 Å². The molecular formula is C3H7O. The molecule has 0 bridgehead atoms. The van der Waals surface area contributed by atoms with E-state index in [1.54, 1.807) is 0 Å². The molecule has 0 aliphatic carbocycles. The van der Waals surface area contributed by atoms with Crippen LogP contribution in [0.4, 0.5) is 0 Å². The molecule has 0 fully saturated rings. The summed E-state index contributed by atoms with van der Waals surface area (Å²) in [5.41, 5.74) is 0. The van der Waals surface area contributed by atoms with Gasteiger partial charge in [-0.2, -0.15) is 0 Å². The first kappa shape index (κ1) is 3.96. The average molecular weight is 59.1 g/mol. The maximum Gasteiger partial charge on any atom is 0.0819 e. The second kappa shape index (κ2) is 2.96. The van der Waals surface area contributed by atoms with Crippen molar-refractivity contribution < 1.29 is 5.11 Å². The highest BCUT2D eigenvalue weighted by atomic mass is 16.2. The van der Waals surface area contributed by atoms with Crippen molar-refractivity contribution in [2.45, 2.75) is 13.3 Å². The predicted molar refractivity (Wildman–Crippen MR) is 15.8 cm³/mol.